The van der Waals surface area contributed by atoms with Gasteiger partial charge in [-0.3, -0.25) is 4.79 Å². The van der Waals surface area contributed by atoms with Crippen LogP contribution in [0.5, 0.6) is 5.75 Å². The van der Waals surface area contributed by atoms with Gasteiger partial charge in [0.15, 0.2) is 0 Å². The van der Waals surface area contributed by atoms with Crippen LogP contribution in [0.1, 0.15) is 24.0 Å². The SMILES string of the molecule is O=C(O)CC(O)CCc1ccc(OCc2ccccc2)cc1. The zero-order valence-corrected chi connectivity index (χ0v) is 12.3. The number of carboxylic acids is 1. The Morgan fingerprint density at radius 1 is 1.00 bits per heavy atom. The molecule has 0 aliphatic carbocycles. The number of ether oxygens (including phenoxy) is 1. The monoisotopic (exact) mass is 300 g/mol. The third kappa shape index (κ3) is 5.58. The molecule has 2 aromatic rings. The molecule has 1 atom stereocenters. The van der Waals surface area contributed by atoms with E-state index in [-0.39, 0.29) is 6.42 Å². The van der Waals surface area contributed by atoms with Crippen LogP contribution in [-0.4, -0.2) is 22.3 Å². The summed E-state index contributed by atoms with van der Waals surface area (Å²) in [6, 6.07) is 17.6. The molecule has 0 spiro atoms. The van der Waals surface area contributed by atoms with Crippen LogP contribution in [0.3, 0.4) is 0 Å². The lowest BCUT2D eigenvalue weighted by atomic mass is 10.1. The third-order valence-corrected chi connectivity index (χ3v) is 3.35. The minimum absolute atomic E-state index is 0.210. The summed E-state index contributed by atoms with van der Waals surface area (Å²) >= 11 is 0. The summed E-state index contributed by atoms with van der Waals surface area (Å²) in [6.45, 7) is 0.525. The van der Waals surface area contributed by atoms with Crippen molar-refractivity contribution in [1.29, 1.82) is 0 Å². The predicted molar refractivity (Wildman–Crippen MR) is 83.8 cm³/mol. The second-order valence-corrected chi connectivity index (χ2v) is 5.21. The molecule has 0 bridgehead atoms. The Kier molecular flexibility index (Phi) is 5.98. The van der Waals surface area contributed by atoms with Crippen molar-refractivity contribution >= 4 is 5.97 Å². The van der Waals surface area contributed by atoms with E-state index >= 15 is 0 Å². The average Bonchev–Trinajstić information content (AvgIpc) is 2.52. The molecule has 1 unspecified atom stereocenters. The Labute approximate surface area is 130 Å². The Hall–Kier alpha value is -2.33. The van der Waals surface area contributed by atoms with Gasteiger partial charge in [0.2, 0.25) is 0 Å². The van der Waals surface area contributed by atoms with Gasteiger partial charge in [0.25, 0.3) is 0 Å². The molecule has 2 aromatic carbocycles. The maximum Gasteiger partial charge on any atom is 0.305 e. The highest BCUT2D eigenvalue weighted by atomic mass is 16.5. The largest absolute Gasteiger partial charge is 0.489 e. The van der Waals surface area contributed by atoms with Crippen molar-refractivity contribution in [3.63, 3.8) is 0 Å². The number of carbonyl (C=O) groups is 1. The summed E-state index contributed by atoms with van der Waals surface area (Å²) in [5, 5.41) is 18.1. The summed E-state index contributed by atoms with van der Waals surface area (Å²) in [4.78, 5) is 10.5. The van der Waals surface area contributed by atoms with Crippen LogP contribution in [0.2, 0.25) is 0 Å². The number of aliphatic carboxylic acids is 1. The molecule has 22 heavy (non-hydrogen) atoms. The number of benzene rings is 2. The van der Waals surface area contributed by atoms with Gasteiger partial charge in [-0.2, -0.15) is 0 Å². The fourth-order valence-corrected chi connectivity index (χ4v) is 2.13. The van der Waals surface area contributed by atoms with E-state index in [1.165, 1.54) is 0 Å². The Morgan fingerprint density at radius 3 is 2.32 bits per heavy atom. The van der Waals surface area contributed by atoms with Gasteiger partial charge in [0.05, 0.1) is 12.5 Å². The molecule has 0 saturated heterocycles. The quantitative estimate of drug-likeness (QED) is 0.786. The first-order chi connectivity index (χ1) is 10.6. The van der Waals surface area contributed by atoms with Crippen molar-refractivity contribution in [1.82, 2.24) is 0 Å². The van der Waals surface area contributed by atoms with Crippen molar-refractivity contribution in [3.05, 3.63) is 65.7 Å². The highest BCUT2D eigenvalue weighted by molar-refractivity contribution is 5.67. The van der Waals surface area contributed by atoms with E-state index in [9.17, 15) is 9.90 Å². The molecule has 0 amide bonds. The zero-order valence-electron chi connectivity index (χ0n) is 12.3. The number of carboxylic acid groups (broad SMARTS) is 1. The van der Waals surface area contributed by atoms with Gasteiger partial charge in [-0.25, -0.2) is 0 Å². The maximum absolute atomic E-state index is 10.5. The molecule has 116 valence electrons. The van der Waals surface area contributed by atoms with Crippen molar-refractivity contribution in [3.8, 4) is 5.75 Å². The third-order valence-electron chi connectivity index (χ3n) is 3.35. The first kappa shape index (κ1) is 16.0. The fraction of sp³-hybridized carbons (Fsp3) is 0.278. The van der Waals surface area contributed by atoms with E-state index < -0.39 is 12.1 Å². The van der Waals surface area contributed by atoms with E-state index in [1.807, 2.05) is 54.6 Å². The number of aliphatic hydroxyl groups is 1. The van der Waals surface area contributed by atoms with Gasteiger partial charge in [-0.05, 0) is 36.1 Å². The van der Waals surface area contributed by atoms with Gasteiger partial charge < -0.3 is 14.9 Å². The van der Waals surface area contributed by atoms with E-state index in [4.69, 9.17) is 9.84 Å². The van der Waals surface area contributed by atoms with E-state index in [1.54, 1.807) is 0 Å². The van der Waals surface area contributed by atoms with Crippen LogP contribution in [0.15, 0.2) is 54.6 Å². The first-order valence-electron chi connectivity index (χ1n) is 7.29. The van der Waals surface area contributed by atoms with Crippen molar-refractivity contribution in [2.24, 2.45) is 0 Å². The van der Waals surface area contributed by atoms with Crippen LogP contribution >= 0.6 is 0 Å². The number of rotatable bonds is 8. The van der Waals surface area contributed by atoms with Gasteiger partial charge >= 0.3 is 5.97 Å². The molecule has 4 nitrogen and oxygen atoms in total. The van der Waals surface area contributed by atoms with Crippen LogP contribution in [0.4, 0.5) is 0 Å². The zero-order chi connectivity index (χ0) is 15.8. The van der Waals surface area contributed by atoms with Crippen LogP contribution in [0, 0.1) is 0 Å². The van der Waals surface area contributed by atoms with Crippen molar-refractivity contribution in [2.45, 2.75) is 32.0 Å². The molecule has 0 radical (unpaired) electrons. The highest BCUT2D eigenvalue weighted by Gasteiger charge is 2.09. The summed E-state index contributed by atoms with van der Waals surface area (Å²) in [5.41, 5.74) is 2.17. The first-order valence-corrected chi connectivity index (χ1v) is 7.29. The molecule has 0 fully saturated rings. The summed E-state index contributed by atoms with van der Waals surface area (Å²) in [6.07, 6.45) is 0.0777. The number of aliphatic hydroxyl groups excluding tert-OH is 1. The maximum atomic E-state index is 10.5. The predicted octanol–water partition coefficient (Wildman–Crippen LogP) is 3.03. The fourth-order valence-electron chi connectivity index (χ4n) is 2.13. The molecular formula is C18H20O4. The van der Waals surface area contributed by atoms with E-state index in [0.29, 0.717) is 19.4 Å². The van der Waals surface area contributed by atoms with Crippen LogP contribution in [-0.2, 0) is 17.8 Å². The molecule has 2 N–H and O–H groups in total. The lowest BCUT2D eigenvalue weighted by Crippen LogP contribution is -2.13. The van der Waals surface area contributed by atoms with Gasteiger partial charge in [0, 0.05) is 0 Å². The molecule has 4 heteroatoms. The summed E-state index contributed by atoms with van der Waals surface area (Å²) in [7, 11) is 0. The summed E-state index contributed by atoms with van der Waals surface area (Å²) in [5.74, 6) is -0.184. The highest BCUT2D eigenvalue weighted by Crippen LogP contribution is 2.16. The van der Waals surface area contributed by atoms with E-state index in [0.717, 1.165) is 16.9 Å². The molecule has 0 aliphatic heterocycles. The number of hydrogen-bond donors (Lipinski definition) is 2. The Balaban J connectivity index is 1.79. The lowest BCUT2D eigenvalue weighted by molar-refractivity contribution is -0.139. The Bertz CT molecular complexity index is 578. The van der Waals surface area contributed by atoms with Gasteiger partial charge in [-0.1, -0.05) is 42.5 Å². The smallest absolute Gasteiger partial charge is 0.305 e. The molecule has 0 heterocycles. The van der Waals surface area contributed by atoms with Gasteiger partial charge in [-0.15, -0.1) is 0 Å². The van der Waals surface area contributed by atoms with Crippen LogP contribution < -0.4 is 4.74 Å². The standard InChI is InChI=1S/C18H20O4/c19-16(12-18(20)21)9-6-14-7-10-17(11-8-14)22-13-15-4-2-1-3-5-15/h1-5,7-8,10-11,16,19H,6,9,12-13H2,(H,20,21). The van der Waals surface area contributed by atoms with Crippen LogP contribution in [0.25, 0.3) is 0 Å². The normalized spacial score (nSPS) is 11.9. The molecule has 0 aromatic heterocycles. The number of aryl methyl sites for hydroxylation is 1. The molecule has 0 aliphatic rings. The lowest BCUT2D eigenvalue weighted by Gasteiger charge is -2.09. The topological polar surface area (TPSA) is 66.8 Å². The molecule has 2 rings (SSSR count). The minimum Gasteiger partial charge on any atom is -0.489 e. The summed E-state index contributed by atoms with van der Waals surface area (Å²) < 4.78 is 5.70. The van der Waals surface area contributed by atoms with Crippen molar-refractivity contribution in [2.75, 3.05) is 0 Å². The van der Waals surface area contributed by atoms with E-state index in [2.05, 4.69) is 0 Å². The minimum atomic E-state index is -0.975. The van der Waals surface area contributed by atoms with Gasteiger partial charge in [0.1, 0.15) is 12.4 Å². The number of hydrogen-bond acceptors (Lipinski definition) is 3. The Morgan fingerprint density at radius 2 is 1.68 bits per heavy atom. The molecular weight excluding hydrogens is 280 g/mol. The second-order valence-electron chi connectivity index (χ2n) is 5.21. The molecule has 0 saturated carbocycles. The van der Waals surface area contributed by atoms with Crippen molar-refractivity contribution < 1.29 is 19.7 Å². The average molecular weight is 300 g/mol. The second kappa shape index (κ2) is 8.20.